The Hall–Kier alpha value is -3.00. The molecule has 2 heterocycles. The second-order valence-electron chi connectivity index (χ2n) is 7.18. The summed E-state index contributed by atoms with van der Waals surface area (Å²) in [4.78, 5) is 20.0. The van der Waals surface area contributed by atoms with Gasteiger partial charge in [0.1, 0.15) is 12.0 Å². The number of anilines is 1. The van der Waals surface area contributed by atoms with Gasteiger partial charge in [0, 0.05) is 23.3 Å². The largest absolute Gasteiger partial charge is 0.381 e. The van der Waals surface area contributed by atoms with Crippen LogP contribution in [0.4, 0.5) is 19.0 Å². The van der Waals surface area contributed by atoms with Gasteiger partial charge in [0.15, 0.2) is 6.10 Å². The summed E-state index contributed by atoms with van der Waals surface area (Å²) in [5, 5.41) is 13.8. The monoisotopic (exact) mass is 401 g/mol. The number of aromatic nitrogens is 2. The minimum absolute atomic E-state index is 0.0738. The predicted molar refractivity (Wildman–Crippen MR) is 102 cm³/mol. The van der Waals surface area contributed by atoms with E-state index in [-0.39, 0.29) is 18.0 Å². The second kappa shape index (κ2) is 7.44. The maximum atomic E-state index is 13.0. The molecule has 0 saturated heterocycles. The molecule has 0 spiro atoms. The van der Waals surface area contributed by atoms with E-state index < -0.39 is 24.6 Å². The minimum atomic E-state index is -2.90. The number of hydrogen-bond acceptors (Lipinski definition) is 4. The Kier molecular flexibility index (Phi) is 4.96. The van der Waals surface area contributed by atoms with E-state index in [2.05, 4.69) is 15.3 Å². The maximum absolute atomic E-state index is 13.0. The molecule has 1 saturated carbocycles. The molecule has 0 radical (unpaired) electrons. The van der Waals surface area contributed by atoms with E-state index in [9.17, 15) is 23.1 Å². The molecule has 5 nitrogen and oxygen atoms in total. The van der Waals surface area contributed by atoms with Gasteiger partial charge in [0.2, 0.25) is 5.91 Å². The molecule has 4 rings (SSSR count). The van der Waals surface area contributed by atoms with Crippen LogP contribution in [0.2, 0.25) is 0 Å². The number of rotatable bonds is 5. The number of halogens is 3. The fourth-order valence-corrected chi connectivity index (χ4v) is 3.20. The van der Waals surface area contributed by atoms with Crippen molar-refractivity contribution in [3.05, 3.63) is 54.0 Å². The van der Waals surface area contributed by atoms with Crippen molar-refractivity contribution in [2.24, 2.45) is 5.92 Å². The van der Waals surface area contributed by atoms with E-state index in [1.54, 1.807) is 19.2 Å². The SMILES string of the molecule is Cc1cc(C(O)C(F)F)ncc1-c1ccc2cc(NC(=O)C3C[C@@H]3F)ncc2c1. The third kappa shape index (κ3) is 3.93. The molecule has 1 aliphatic carbocycles. The summed E-state index contributed by atoms with van der Waals surface area (Å²) in [6.07, 6.45) is -2.56. The number of aliphatic hydroxyl groups excluding tert-OH is 1. The van der Waals surface area contributed by atoms with Gasteiger partial charge in [0.05, 0.1) is 11.6 Å². The molecule has 1 aliphatic rings. The zero-order valence-corrected chi connectivity index (χ0v) is 15.4. The van der Waals surface area contributed by atoms with Crippen LogP contribution in [0.15, 0.2) is 42.7 Å². The van der Waals surface area contributed by atoms with Crippen molar-refractivity contribution in [3.8, 4) is 11.1 Å². The third-order valence-electron chi connectivity index (χ3n) is 5.01. The molecule has 3 aromatic rings. The highest BCUT2D eigenvalue weighted by Gasteiger charge is 2.43. The van der Waals surface area contributed by atoms with Crippen LogP contribution in [0, 0.1) is 12.8 Å². The van der Waals surface area contributed by atoms with Crippen LogP contribution in [-0.2, 0) is 4.79 Å². The Balaban J connectivity index is 1.59. The van der Waals surface area contributed by atoms with Crippen molar-refractivity contribution >= 4 is 22.5 Å². The standard InChI is InChI=1S/C21H18F3N3O2/c1-10-4-17(19(28)20(23)24)25-9-15(10)12-3-2-11-6-18(26-8-13(11)5-12)27-21(29)14-7-16(14)22/h2-6,8-9,14,16,19-20,28H,7H2,1H3,(H,26,27,29)/t14?,16-,19?/m0/s1. The number of fused-ring (bicyclic) bond motifs is 1. The molecule has 2 unspecified atom stereocenters. The Morgan fingerprint density at radius 1 is 1.17 bits per heavy atom. The summed E-state index contributed by atoms with van der Waals surface area (Å²) >= 11 is 0. The molecular formula is C21H18F3N3O2. The second-order valence-corrected chi connectivity index (χ2v) is 7.18. The number of benzene rings is 1. The van der Waals surface area contributed by atoms with Crippen molar-refractivity contribution in [2.75, 3.05) is 5.32 Å². The summed E-state index contributed by atoms with van der Waals surface area (Å²) in [5.41, 5.74) is 2.20. The number of aliphatic hydroxyl groups is 1. The Bertz CT molecular complexity index is 1090. The molecule has 0 bridgehead atoms. The molecule has 2 aromatic heterocycles. The molecule has 29 heavy (non-hydrogen) atoms. The van der Waals surface area contributed by atoms with Gasteiger partial charge in [-0.15, -0.1) is 0 Å². The van der Waals surface area contributed by atoms with Crippen LogP contribution in [-0.4, -0.2) is 33.6 Å². The van der Waals surface area contributed by atoms with Gasteiger partial charge in [-0.1, -0.05) is 12.1 Å². The summed E-state index contributed by atoms with van der Waals surface area (Å²) in [7, 11) is 0. The molecule has 8 heteroatoms. The number of nitrogens with zero attached hydrogens (tertiary/aromatic N) is 2. The van der Waals surface area contributed by atoms with E-state index in [0.717, 1.165) is 21.9 Å². The number of amides is 1. The summed E-state index contributed by atoms with van der Waals surface area (Å²) in [5.74, 6) is -0.594. The molecule has 1 fully saturated rings. The Labute approximate surface area is 164 Å². The smallest absolute Gasteiger partial charge is 0.269 e. The minimum Gasteiger partial charge on any atom is -0.381 e. The van der Waals surface area contributed by atoms with Gasteiger partial charge in [-0.05, 0) is 48.1 Å². The number of alkyl halides is 3. The van der Waals surface area contributed by atoms with Crippen molar-refractivity contribution in [1.29, 1.82) is 0 Å². The van der Waals surface area contributed by atoms with Crippen LogP contribution < -0.4 is 5.32 Å². The van der Waals surface area contributed by atoms with Crippen LogP contribution in [0.25, 0.3) is 21.9 Å². The number of carbonyl (C=O) groups excluding carboxylic acids is 1. The van der Waals surface area contributed by atoms with Gasteiger partial charge in [-0.3, -0.25) is 9.78 Å². The first-order valence-electron chi connectivity index (χ1n) is 9.11. The van der Waals surface area contributed by atoms with Crippen molar-refractivity contribution in [1.82, 2.24) is 9.97 Å². The molecule has 1 aromatic carbocycles. The zero-order chi connectivity index (χ0) is 20.7. The fourth-order valence-electron chi connectivity index (χ4n) is 3.20. The van der Waals surface area contributed by atoms with E-state index in [4.69, 9.17) is 0 Å². The van der Waals surface area contributed by atoms with Gasteiger partial charge >= 0.3 is 0 Å². The Morgan fingerprint density at radius 3 is 2.59 bits per heavy atom. The highest BCUT2D eigenvalue weighted by molar-refractivity contribution is 5.96. The first kappa shape index (κ1) is 19.3. The van der Waals surface area contributed by atoms with E-state index >= 15 is 0 Å². The van der Waals surface area contributed by atoms with Crippen LogP contribution in [0.1, 0.15) is 23.8 Å². The molecule has 2 N–H and O–H groups in total. The topological polar surface area (TPSA) is 75.1 Å². The van der Waals surface area contributed by atoms with Crippen molar-refractivity contribution in [3.63, 3.8) is 0 Å². The molecule has 3 atom stereocenters. The molecule has 0 aliphatic heterocycles. The van der Waals surface area contributed by atoms with Gasteiger partial charge in [-0.25, -0.2) is 18.2 Å². The van der Waals surface area contributed by atoms with E-state index in [1.807, 2.05) is 18.2 Å². The third-order valence-corrected chi connectivity index (χ3v) is 5.01. The van der Waals surface area contributed by atoms with Crippen LogP contribution >= 0.6 is 0 Å². The lowest BCUT2D eigenvalue weighted by atomic mass is 9.99. The quantitative estimate of drug-likeness (QED) is 0.672. The lowest BCUT2D eigenvalue weighted by molar-refractivity contribution is -0.117. The van der Waals surface area contributed by atoms with E-state index in [0.29, 0.717) is 11.4 Å². The van der Waals surface area contributed by atoms with Crippen molar-refractivity contribution < 1.29 is 23.1 Å². The van der Waals surface area contributed by atoms with Crippen molar-refractivity contribution in [2.45, 2.75) is 32.0 Å². The highest BCUT2D eigenvalue weighted by Crippen LogP contribution is 2.35. The first-order valence-corrected chi connectivity index (χ1v) is 9.11. The first-order chi connectivity index (χ1) is 13.8. The average molecular weight is 401 g/mol. The highest BCUT2D eigenvalue weighted by atomic mass is 19.3. The normalized spacial score (nSPS) is 19.4. The molecular weight excluding hydrogens is 383 g/mol. The number of carbonyl (C=O) groups is 1. The summed E-state index contributed by atoms with van der Waals surface area (Å²) < 4.78 is 38.4. The number of hydrogen-bond donors (Lipinski definition) is 2. The van der Waals surface area contributed by atoms with Gasteiger partial charge < -0.3 is 10.4 Å². The molecule has 150 valence electrons. The van der Waals surface area contributed by atoms with Gasteiger partial charge in [-0.2, -0.15) is 0 Å². The fraction of sp³-hybridized carbons (Fsp3) is 0.286. The van der Waals surface area contributed by atoms with E-state index in [1.165, 1.54) is 12.3 Å². The Morgan fingerprint density at radius 2 is 1.93 bits per heavy atom. The summed E-state index contributed by atoms with van der Waals surface area (Å²) in [6.45, 7) is 1.76. The lowest BCUT2D eigenvalue weighted by Gasteiger charge is -2.13. The maximum Gasteiger partial charge on any atom is 0.269 e. The van der Waals surface area contributed by atoms with Crippen LogP contribution in [0.3, 0.4) is 0 Å². The average Bonchev–Trinajstić information content (AvgIpc) is 3.43. The number of nitrogens with one attached hydrogen (secondary N) is 1. The number of pyridine rings is 2. The zero-order valence-electron chi connectivity index (χ0n) is 15.4. The lowest BCUT2D eigenvalue weighted by Crippen LogP contribution is -2.15. The van der Waals surface area contributed by atoms with Crippen LogP contribution in [0.5, 0.6) is 0 Å². The van der Waals surface area contributed by atoms with Gasteiger partial charge in [0.25, 0.3) is 6.43 Å². The summed E-state index contributed by atoms with van der Waals surface area (Å²) in [6, 6.07) is 8.72. The number of aryl methyl sites for hydroxylation is 1. The molecule has 1 amide bonds. The predicted octanol–water partition coefficient (Wildman–Crippen LogP) is 4.20.